The second kappa shape index (κ2) is 8.18. The molecule has 0 heterocycles. The molecule has 0 bridgehead atoms. The van der Waals surface area contributed by atoms with Crippen LogP contribution >= 0.6 is 0 Å². The molecule has 4 nitrogen and oxygen atoms in total. The molecule has 1 rings (SSSR count). The van der Waals surface area contributed by atoms with E-state index in [1.807, 2.05) is 45.9 Å². The molecule has 0 aliphatic heterocycles. The predicted molar refractivity (Wildman–Crippen MR) is 90.5 cm³/mol. The first kappa shape index (κ1) is 18.5. The maximum Gasteiger partial charge on any atom is 0.256 e. The van der Waals surface area contributed by atoms with E-state index in [1.54, 1.807) is 7.11 Å². The molecule has 1 aromatic carbocycles. The highest BCUT2D eigenvalue weighted by molar-refractivity contribution is 5.97. The Morgan fingerprint density at radius 2 is 2.05 bits per heavy atom. The maximum atomic E-state index is 12.5. The minimum Gasteiger partial charge on any atom is -0.491 e. The van der Waals surface area contributed by atoms with Crippen LogP contribution in [0.2, 0.25) is 0 Å². The zero-order chi connectivity index (χ0) is 16.8. The highest BCUT2D eigenvalue weighted by Gasteiger charge is 2.32. The van der Waals surface area contributed by atoms with Crippen LogP contribution in [0.1, 0.15) is 52.5 Å². The number of carbonyl (C=O) groups excluding carboxylic acids is 1. The Morgan fingerprint density at radius 1 is 1.36 bits per heavy atom. The van der Waals surface area contributed by atoms with Crippen LogP contribution in [0.15, 0.2) is 18.2 Å². The molecule has 124 valence electrons. The van der Waals surface area contributed by atoms with Crippen molar-refractivity contribution >= 4 is 11.6 Å². The topological polar surface area (TPSA) is 47.6 Å². The lowest BCUT2D eigenvalue weighted by Crippen LogP contribution is -2.41. The molecular weight excluding hydrogens is 278 g/mol. The van der Waals surface area contributed by atoms with Crippen LogP contribution in [-0.2, 0) is 9.53 Å². The van der Waals surface area contributed by atoms with Crippen molar-refractivity contribution in [2.45, 2.75) is 65.6 Å². The SMILES string of the molecule is CCCC[C@](C)(OC)C(=O)Nc1ccc(OC(C)C)c(C)c1. The van der Waals surface area contributed by atoms with Gasteiger partial charge in [0.25, 0.3) is 5.91 Å². The van der Waals surface area contributed by atoms with Crippen molar-refractivity contribution in [3.8, 4) is 5.75 Å². The highest BCUT2D eigenvalue weighted by atomic mass is 16.5. The number of hydrogen-bond acceptors (Lipinski definition) is 3. The summed E-state index contributed by atoms with van der Waals surface area (Å²) < 4.78 is 11.2. The molecule has 0 aromatic heterocycles. The van der Waals surface area contributed by atoms with Crippen molar-refractivity contribution < 1.29 is 14.3 Å². The second-order valence-corrected chi connectivity index (χ2v) is 6.14. The fraction of sp³-hybridized carbons (Fsp3) is 0.611. The van der Waals surface area contributed by atoms with E-state index in [0.29, 0.717) is 6.42 Å². The zero-order valence-electron chi connectivity index (χ0n) is 14.7. The number of nitrogens with one attached hydrogen (secondary N) is 1. The van der Waals surface area contributed by atoms with Crippen LogP contribution in [0.3, 0.4) is 0 Å². The standard InChI is InChI=1S/C18H29NO3/c1-7-8-11-18(5,21-6)17(20)19-15-9-10-16(14(4)12-15)22-13(2)3/h9-10,12-13H,7-8,11H2,1-6H3,(H,19,20)/t18-/m0/s1. The Bertz CT molecular complexity index is 499. The number of rotatable bonds is 8. The van der Waals surface area contributed by atoms with Gasteiger partial charge in [0, 0.05) is 12.8 Å². The summed E-state index contributed by atoms with van der Waals surface area (Å²) in [7, 11) is 1.58. The first-order chi connectivity index (χ1) is 10.3. The molecule has 0 aliphatic carbocycles. The summed E-state index contributed by atoms with van der Waals surface area (Å²) in [6.07, 6.45) is 2.83. The van der Waals surface area contributed by atoms with Gasteiger partial charge in [0.1, 0.15) is 11.4 Å². The van der Waals surface area contributed by atoms with Gasteiger partial charge in [0.2, 0.25) is 0 Å². The maximum absolute atomic E-state index is 12.5. The molecule has 1 atom stereocenters. The van der Waals surface area contributed by atoms with Crippen molar-refractivity contribution in [3.05, 3.63) is 23.8 Å². The van der Waals surface area contributed by atoms with E-state index < -0.39 is 5.60 Å². The summed E-state index contributed by atoms with van der Waals surface area (Å²) in [5.74, 6) is 0.730. The van der Waals surface area contributed by atoms with Crippen LogP contribution < -0.4 is 10.1 Å². The Hall–Kier alpha value is -1.55. The van der Waals surface area contributed by atoms with Gasteiger partial charge in [-0.15, -0.1) is 0 Å². The van der Waals surface area contributed by atoms with E-state index in [4.69, 9.17) is 9.47 Å². The van der Waals surface area contributed by atoms with Crippen molar-refractivity contribution in [1.29, 1.82) is 0 Å². The molecule has 1 N–H and O–H groups in total. The van der Waals surface area contributed by atoms with Gasteiger partial charge >= 0.3 is 0 Å². The first-order valence-corrected chi connectivity index (χ1v) is 7.96. The number of methoxy groups -OCH3 is 1. The van der Waals surface area contributed by atoms with Gasteiger partial charge in [0.05, 0.1) is 6.10 Å². The molecule has 0 saturated heterocycles. The molecule has 22 heavy (non-hydrogen) atoms. The van der Waals surface area contributed by atoms with Crippen LogP contribution in [0, 0.1) is 6.92 Å². The second-order valence-electron chi connectivity index (χ2n) is 6.14. The number of ether oxygens (including phenoxy) is 2. The number of aryl methyl sites for hydroxylation is 1. The van der Waals surface area contributed by atoms with E-state index in [-0.39, 0.29) is 12.0 Å². The summed E-state index contributed by atoms with van der Waals surface area (Å²) in [5.41, 5.74) is 0.967. The van der Waals surface area contributed by atoms with Gasteiger partial charge in [-0.05, 0) is 57.9 Å². The van der Waals surface area contributed by atoms with Crippen molar-refractivity contribution in [2.75, 3.05) is 12.4 Å². The van der Waals surface area contributed by atoms with Crippen LogP contribution in [0.4, 0.5) is 5.69 Å². The Balaban J connectivity index is 2.81. The molecule has 0 unspecified atom stereocenters. The third-order valence-electron chi connectivity index (χ3n) is 3.73. The van der Waals surface area contributed by atoms with Crippen molar-refractivity contribution in [1.82, 2.24) is 0 Å². The monoisotopic (exact) mass is 307 g/mol. The highest BCUT2D eigenvalue weighted by Crippen LogP contribution is 2.25. The van der Waals surface area contributed by atoms with Gasteiger partial charge in [-0.3, -0.25) is 4.79 Å². The summed E-state index contributed by atoms with van der Waals surface area (Å²) in [5, 5.41) is 2.94. The Labute approximate surface area is 134 Å². The lowest BCUT2D eigenvalue weighted by molar-refractivity contribution is -0.136. The van der Waals surface area contributed by atoms with Crippen molar-refractivity contribution in [3.63, 3.8) is 0 Å². The van der Waals surface area contributed by atoms with Crippen LogP contribution in [0.5, 0.6) is 5.75 Å². The average molecular weight is 307 g/mol. The van der Waals surface area contributed by atoms with E-state index in [2.05, 4.69) is 12.2 Å². The normalized spacial score (nSPS) is 13.8. The molecule has 0 fully saturated rings. The minimum absolute atomic E-state index is 0.111. The lowest BCUT2D eigenvalue weighted by atomic mass is 9.97. The lowest BCUT2D eigenvalue weighted by Gasteiger charge is -2.27. The molecular formula is C18H29NO3. The fourth-order valence-corrected chi connectivity index (χ4v) is 2.20. The van der Waals surface area contributed by atoms with Crippen molar-refractivity contribution in [2.24, 2.45) is 0 Å². The average Bonchev–Trinajstić information content (AvgIpc) is 2.47. The molecule has 1 amide bonds. The quantitative estimate of drug-likeness (QED) is 0.778. The number of amides is 1. The minimum atomic E-state index is -0.795. The summed E-state index contributed by atoms with van der Waals surface area (Å²) in [4.78, 5) is 12.5. The van der Waals surface area contributed by atoms with Crippen LogP contribution in [-0.4, -0.2) is 24.7 Å². The summed E-state index contributed by atoms with van der Waals surface area (Å²) >= 11 is 0. The summed E-state index contributed by atoms with van der Waals surface area (Å²) in [6.45, 7) is 9.89. The van der Waals surface area contributed by atoms with Gasteiger partial charge in [-0.1, -0.05) is 19.8 Å². The summed E-state index contributed by atoms with van der Waals surface area (Å²) in [6, 6.07) is 5.67. The smallest absolute Gasteiger partial charge is 0.256 e. The van der Waals surface area contributed by atoms with E-state index in [1.165, 1.54) is 0 Å². The molecule has 0 saturated carbocycles. The van der Waals surface area contributed by atoms with Gasteiger partial charge in [0.15, 0.2) is 0 Å². The van der Waals surface area contributed by atoms with E-state index in [9.17, 15) is 4.79 Å². The van der Waals surface area contributed by atoms with Crippen LogP contribution in [0.25, 0.3) is 0 Å². The molecule has 4 heteroatoms. The van der Waals surface area contributed by atoms with Gasteiger partial charge in [-0.25, -0.2) is 0 Å². The predicted octanol–water partition coefficient (Wildman–Crippen LogP) is 4.32. The van der Waals surface area contributed by atoms with Gasteiger partial charge < -0.3 is 14.8 Å². The molecule has 0 aliphatic rings. The van der Waals surface area contributed by atoms with E-state index >= 15 is 0 Å². The third-order valence-corrected chi connectivity index (χ3v) is 3.73. The number of hydrogen-bond donors (Lipinski definition) is 1. The third kappa shape index (κ3) is 5.02. The van der Waals surface area contributed by atoms with E-state index in [0.717, 1.165) is 29.8 Å². The fourth-order valence-electron chi connectivity index (χ4n) is 2.20. The Morgan fingerprint density at radius 3 is 2.55 bits per heavy atom. The largest absolute Gasteiger partial charge is 0.491 e. The Kier molecular flexibility index (Phi) is 6.88. The number of anilines is 1. The molecule has 0 radical (unpaired) electrons. The number of carbonyl (C=O) groups is 1. The molecule has 0 spiro atoms. The zero-order valence-corrected chi connectivity index (χ0v) is 14.7. The number of unbranched alkanes of at least 4 members (excludes halogenated alkanes) is 1. The molecule has 1 aromatic rings. The first-order valence-electron chi connectivity index (χ1n) is 7.96. The number of benzene rings is 1. The van der Waals surface area contributed by atoms with Gasteiger partial charge in [-0.2, -0.15) is 0 Å².